The van der Waals surface area contributed by atoms with Crippen LogP contribution in [0.1, 0.15) is 24.3 Å². The predicted molar refractivity (Wildman–Crippen MR) is 113 cm³/mol. The maximum absolute atomic E-state index is 13.4. The molecule has 0 radical (unpaired) electrons. The summed E-state index contributed by atoms with van der Waals surface area (Å²) >= 11 is 1.49. The van der Waals surface area contributed by atoms with Gasteiger partial charge in [-0.15, -0.1) is 0 Å². The van der Waals surface area contributed by atoms with Crippen molar-refractivity contribution in [2.45, 2.75) is 20.0 Å². The zero-order valence-corrected chi connectivity index (χ0v) is 17.4. The van der Waals surface area contributed by atoms with Crippen molar-refractivity contribution in [3.05, 3.63) is 59.7 Å². The number of pyridine rings is 1. The molecule has 29 heavy (non-hydrogen) atoms. The van der Waals surface area contributed by atoms with Crippen LogP contribution in [-0.2, 0) is 11.8 Å². The fraction of sp³-hybridized carbons (Fsp3) is 0.250. The molecule has 1 amide bonds. The molecule has 0 aliphatic carbocycles. The van der Waals surface area contributed by atoms with Crippen molar-refractivity contribution >= 4 is 29.5 Å². The van der Waals surface area contributed by atoms with E-state index in [1.165, 1.54) is 28.8 Å². The van der Waals surface area contributed by atoms with Gasteiger partial charge in [0.1, 0.15) is 17.7 Å². The molecule has 0 saturated carbocycles. The summed E-state index contributed by atoms with van der Waals surface area (Å²) in [5, 5.41) is 6.94. The van der Waals surface area contributed by atoms with Crippen molar-refractivity contribution in [2.75, 3.05) is 16.3 Å². The lowest BCUT2D eigenvalue weighted by Gasteiger charge is -2.15. The number of hydrogen-bond acceptors (Lipinski definition) is 6. The second-order valence-electron chi connectivity index (χ2n) is 6.39. The number of hydrogen-bond donors (Lipinski definition) is 2. The second kappa shape index (κ2) is 8.95. The number of aromatic nitrogens is 3. The molecule has 3 aromatic rings. The lowest BCUT2D eigenvalue weighted by atomic mass is 10.1. The van der Waals surface area contributed by atoms with Gasteiger partial charge in [-0.05, 0) is 43.7 Å². The number of nitrogens with zero attached hydrogens (tertiary/aromatic N) is 3. The van der Waals surface area contributed by atoms with E-state index in [2.05, 4.69) is 20.1 Å². The van der Waals surface area contributed by atoms with Crippen molar-refractivity contribution in [3.8, 4) is 11.3 Å². The molecule has 0 spiro atoms. The minimum absolute atomic E-state index is 0.381. The van der Waals surface area contributed by atoms with Crippen LogP contribution >= 0.6 is 11.9 Å². The van der Waals surface area contributed by atoms with Crippen molar-refractivity contribution in [1.29, 1.82) is 0 Å². The van der Waals surface area contributed by atoms with Crippen LogP contribution in [0.25, 0.3) is 11.3 Å². The second-order valence-corrected chi connectivity index (χ2v) is 7.01. The molecule has 0 fully saturated rings. The number of rotatable bonds is 6. The minimum atomic E-state index is -0.663. The number of aryl methyl sites for hydroxylation is 2. The Morgan fingerprint density at radius 2 is 2.10 bits per heavy atom. The number of carbonyl (C=O) groups is 1. The van der Waals surface area contributed by atoms with Gasteiger partial charge in [0.15, 0.2) is 0 Å². The van der Waals surface area contributed by atoms with Gasteiger partial charge in [-0.1, -0.05) is 24.1 Å². The Bertz CT molecular complexity index is 1020. The third kappa shape index (κ3) is 4.86. The summed E-state index contributed by atoms with van der Waals surface area (Å²) in [5.41, 5.74) is 3.66. The lowest BCUT2D eigenvalue weighted by molar-refractivity contribution is 0.121. The zero-order chi connectivity index (χ0) is 21.0. The molecule has 1 atom stereocenters. The van der Waals surface area contributed by atoms with Gasteiger partial charge in [-0.2, -0.15) is 5.10 Å². The molecule has 0 saturated heterocycles. The number of halogens is 1. The van der Waals surface area contributed by atoms with Gasteiger partial charge in [0.2, 0.25) is 0 Å². The molecular weight excluding hydrogens is 393 g/mol. The van der Waals surface area contributed by atoms with E-state index in [0.29, 0.717) is 22.6 Å². The quantitative estimate of drug-likeness (QED) is 0.556. The molecule has 152 valence electrons. The highest BCUT2D eigenvalue weighted by Gasteiger charge is 2.18. The Kier molecular flexibility index (Phi) is 6.38. The molecule has 2 N–H and O–H groups in total. The molecule has 9 heteroatoms. The van der Waals surface area contributed by atoms with Crippen LogP contribution in [0, 0.1) is 12.7 Å². The molecule has 0 aliphatic heterocycles. The fourth-order valence-electron chi connectivity index (χ4n) is 2.82. The van der Waals surface area contributed by atoms with E-state index in [4.69, 9.17) is 4.74 Å². The average molecular weight is 415 g/mol. The van der Waals surface area contributed by atoms with Crippen molar-refractivity contribution < 1.29 is 13.9 Å². The Labute approximate surface area is 172 Å². The maximum Gasteiger partial charge on any atom is 0.413 e. The number of anilines is 2. The molecule has 2 heterocycles. The van der Waals surface area contributed by atoms with Crippen molar-refractivity contribution in [1.82, 2.24) is 14.8 Å². The van der Waals surface area contributed by atoms with Crippen LogP contribution in [0.2, 0.25) is 0 Å². The van der Waals surface area contributed by atoms with E-state index >= 15 is 0 Å². The number of nitrogens with one attached hydrogen (secondary N) is 2. The van der Waals surface area contributed by atoms with Gasteiger partial charge in [0.05, 0.1) is 28.8 Å². The summed E-state index contributed by atoms with van der Waals surface area (Å²) in [6.07, 6.45) is 2.30. The summed E-state index contributed by atoms with van der Waals surface area (Å²) < 4.78 is 23.5. The normalized spacial score (nSPS) is 11.8. The summed E-state index contributed by atoms with van der Waals surface area (Å²) in [5.74, 6) is 0.0760. The first-order valence-electron chi connectivity index (χ1n) is 8.91. The van der Waals surface area contributed by atoms with Crippen LogP contribution in [0.15, 0.2) is 42.6 Å². The van der Waals surface area contributed by atoms with E-state index in [-0.39, 0.29) is 5.82 Å². The Morgan fingerprint density at radius 1 is 1.31 bits per heavy atom. The third-order valence-electron chi connectivity index (χ3n) is 4.33. The van der Waals surface area contributed by atoms with E-state index in [1.807, 2.05) is 25.3 Å². The molecule has 0 bridgehead atoms. The van der Waals surface area contributed by atoms with Crippen LogP contribution in [0.5, 0.6) is 0 Å². The number of ether oxygens (including phenoxy) is 1. The van der Waals surface area contributed by atoms with Crippen molar-refractivity contribution in [2.24, 2.45) is 7.05 Å². The minimum Gasteiger partial charge on any atom is -0.441 e. The van der Waals surface area contributed by atoms with Gasteiger partial charge in [0, 0.05) is 13.3 Å². The Balaban J connectivity index is 1.77. The Hall–Kier alpha value is -3.07. The first-order valence-corrected chi connectivity index (χ1v) is 10.1. The first kappa shape index (κ1) is 20.7. The molecule has 2 aromatic heterocycles. The summed E-state index contributed by atoms with van der Waals surface area (Å²) in [6, 6.07) is 9.74. The molecule has 3 rings (SSSR count). The van der Waals surface area contributed by atoms with Gasteiger partial charge in [-0.3, -0.25) is 15.0 Å². The first-order chi connectivity index (χ1) is 13.9. The van der Waals surface area contributed by atoms with Crippen LogP contribution in [-0.4, -0.2) is 27.1 Å². The molecule has 7 nitrogen and oxygen atoms in total. The standard InChI is InChI=1S/C20H22FN5O2S/c1-12-17(25-29-4)8-9-18(23-12)16-11-22-26(3)19(16)24-20(27)28-13(2)14-6-5-7-15(21)10-14/h5-11,13,25H,1-4H3,(H,24,27). The van der Waals surface area contributed by atoms with E-state index in [1.54, 1.807) is 32.3 Å². The smallest absolute Gasteiger partial charge is 0.413 e. The third-order valence-corrected chi connectivity index (χ3v) is 4.76. The Morgan fingerprint density at radius 3 is 2.79 bits per heavy atom. The largest absolute Gasteiger partial charge is 0.441 e. The average Bonchev–Trinajstić information content (AvgIpc) is 3.04. The highest BCUT2D eigenvalue weighted by atomic mass is 32.2. The number of carbonyl (C=O) groups excluding carboxylic acids is 1. The van der Waals surface area contributed by atoms with Crippen LogP contribution in [0.4, 0.5) is 20.7 Å². The lowest BCUT2D eigenvalue weighted by Crippen LogP contribution is -2.18. The van der Waals surface area contributed by atoms with E-state index in [0.717, 1.165) is 11.4 Å². The van der Waals surface area contributed by atoms with Gasteiger partial charge in [0.25, 0.3) is 0 Å². The molecule has 1 unspecified atom stereocenters. The number of amides is 1. The van der Waals surface area contributed by atoms with Gasteiger partial charge >= 0.3 is 6.09 Å². The number of benzene rings is 1. The summed E-state index contributed by atoms with van der Waals surface area (Å²) in [6.45, 7) is 3.58. The monoisotopic (exact) mass is 415 g/mol. The van der Waals surface area contributed by atoms with Gasteiger partial charge in [-0.25, -0.2) is 9.18 Å². The van der Waals surface area contributed by atoms with Crippen LogP contribution < -0.4 is 10.0 Å². The highest BCUT2D eigenvalue weighted by molar-refractivity contribution is 7.99. The molecular formula is C20H22FN5O2S. The fourth-order valence-corrected chi connectivity index (χ4v) is 3.25. The SMILES string of the molecule is CSNc1ccc(-c2cnn(C)c2NC(=O)OC(C)c2cccc(F)c2)nc1C. The molecule has 0 aliphatic rings. The molecule has 1 aromatic carbocycles. The van der Waals surface area contributed by atoms with Gasteiger partial charge < -0.3 is 9.46 Å². The van der Waals surface area contributed by atoms with Crippen molar-refractivity contribution in [3.63, 3.8) is 0 Å². The highest BCUT2D eigenvalue weighted by Crippen LogP contribution is 2.29. The topological polar surface area (TPSA) is 81.1 Å². The predicted octanol–water partition coefficient (Wildman–Crippen LogP) is 4.93. The zero-order valence-electron chi connectivity index (χ0n) is 16.6. The maximum atomic E-state index is 13.4. The van der Waals surface area contributed by atoms with E-state index < -0.39 is 12.2 Å². The summed E-state index contributed by atoms with van der Waals surface area (Å²) in [7, 11) is 1.71. The van der Waals surface area contributed by atoms with Crippen LogP contribution in [0.3, 0.4) is 0 Å². The van der Waals surface area contributed by atoms with E-state index in [9.17, 15) is 9.18 Å². The summed E-state index contributed by atoms with van der Waals surface area (Å²) in [4.78, 5) is 17.0.